The average molecular weight is 431 g/mol. The van der Waals surface area contributed by atoms with Crippen molar-refractivity contribution < 1.29 is 23.7 Å². The van der Waals surface area contributed by atoms with Gasteiger partial charge in [0, 0.05) is 18.5 Å². The number of rotatable bonds is 9. The molecule has 6 heteroatoms. The predicted molar refractivity (Wildman–Crippen MR) is 125 cm³/mol. The zero-order valence-corrected chi connectivity index (χ0v) is 18.3. The van der Waals surface area contributed by atoms with Gasteiger partial charge in [0.25, 0.3) is 0 Å². The van der Waals surface area contributed by atoms with E-state index in [4.69, 9.17) is 18.9 Å². The monoisotopic (exact) mass is 431 g/mol. The summed E-state index contributed by atoms with van der Waals surface area (Å²) in [5.41, 5.74) is 2.73. The Morgan fingerprint density at radius 2 is 1.38 bits per heavy atom. The molecule has 3 rings (SSSR count). The Hall–Kier alpha value is -4.06. The smallest absolute Gasteiger partial charge is 0.336 e. The Bertz CT molecular complexity index is 1110. The van der Waals surface area contributed by atoms with E-state index in [-0.39, 0.29) is 0 Å². The number of esters is 1. The zero-order chi connectivity index (χ0) is 22.8. The Labute approximate surface area is 187 Å². The van der Waals surface area contributed by atoms with Crippen LogP contribution in [0.1, 0.15) is 23.6 Å². The summed E-state index contributed by atoms with van der Waals surface area (Å²) in [7, 11) is 3.10. The molecule has 164 valence electrons. The first kappa shape index (κ1) is 22.6. The van der Waals surface area contributed by atoms with Gasteiger partial charge in [0.2, 0.25) is 0 Å². The van der Waals surface area contributed by atoms with E-state index in [0.717, 1.165) is 16.7 Å². The lowest BCUT2D eigenvalue weighted by atomic mass is 10.1. The van der Waals surface area contributed by atoms with E-state index in [1.54, 1.807) is 49.8 Å². The Kier molecular flexibility index (Phi) is 8.03. The molecule has 0 atom stereocenters. The molecule has 0 saturated heterocycles. The van der Waals surface area contributed by atoms with Crippen molar-refractivity contribution in [1.29, 1.82) is 0 Å². The molecule has 0 N–H and O–H groups in total. The van der Waals surface area contributed by atoms with Gasteiger partial charge in [0.05, 0.1) is 20.8 Å². The van der Waals surface area contributed by atoms with Gasteiger partial charge in [0.15, 0.2) is 23.0 Å². The number of carbonyl (C=O) groups excluding carboxylic acids is 1. The fourth-order valence-electron chi connectivity index (χ4n) is 2.91. The van der Waals surface area contributed by atoms with Crippen LogP contribution < -0.4 is 18.9 Å². The molecular weight excluding hydrogens is 406 g/mol. The fourth-order valence-corrected chi connectivity index (χ4v) is 2.91. The molecule has 0 radical (unpaired) electrons. The first-order valence-electron chi connectivity index (χ1n) is 10.1. The first-order chi connectivity index (χ1) is 15.6. The standard InChI is InChI=1S/C26H25NO5/c1-4-31-22-10-7-21(17-24(22)29-2)9-12-26(28)32-23-11-8-20(18-25(23)30-3)6-5-19-13-15-27-16-14-19/h5-18H,4H2,1-3H3/b6-5+,12-9+. The average Bonchev–Trinajstić information content (AvgIpc) is 2.83. The maximum Gasteiger partial charge on any atom is 0.336 e. The van der Waals surface area contributed by atoms with E-state index in [9.17, 15) is 4.79 Å². The van der Waals surface area contributed by atoms with Crippen LogP contribution in [0.25, 0.3) is 18.2 Å². The number of nitrogens with zero attached hydrogens (tertiary/aromatic N) is 1. The van der Waals surface area contributed by atoms with Gasteiger partial charge in [-0.3, -0.25) is 4.98 Å². The van der Waals surface area contributed by atoms with Crippen LogP contribution >= 0.6 is 0 Å². The van der Waals surface area contributed by atoms with Gasteiger partial charge in [-0.05, 0) is 66.1 Å². The topological polar surface area (TPSA) is 66.9 Å². The van der Waals surface area contributed by atoms with Crippen molar-refractivity contribution in [2.75, 3.05) is 20.8 Å². The van der Waals surface area contributed by atoms with Crippen LogP contribution in [0.15, 0.2) is 67.0 Å². The quantitative estimate of drug-likeness (QED) is 0.261. The van der Waals surface area contributed by atoms with E-state index in [2.05, 4.69) is 4.98 Å². The summed E-state index contributed by atoms with van der Waals surface area (Å²) in [6.07, 6.45) is 10.4. The molecule has 1 aromatic heterocycles. The molecule has 0 unspecified atom stereocenters. The predicted octanol–water partition coefficient (Wildman–Crippen LogP) is 5.29. The first-order valence-corrected chi connectivity index (χ1v) is 10.1. The maximum absolute atomic E-state index is 12.3. The van der Waals surface area contributed by atoms with Crippen LogP contribution in [0.2, 0.25) is 0 Å². The van der Waals surface area contributed by atoms with Crippen molar-refractivity contribution in [3.8, 4) is 23.0 Å². The Morgan fingerprint density at radius 1 is 0.781 bits per heavy atom. The molecule has 1 heterocycles. The van der Waals surface area contributed by atoms with Crippen molar-refractivity contribution in [2.45, 2.75) is 6.92 Å². The highest BCUT2D eigenvalue weighted by atomic mass is 16.6. The second kappa shape index (κ2) is 11.4. The van der Waals surface area contributed by atoms with Crippen LogP contribution in [0.4, 0.5) is 0 Å². The largest absolute Gasteiger partial charge is 0.493 e. The van der Waals surface area contributed by atoms with E-state index >= 15 is 0 Å². The molecule has 0 bridgehead atoms. The lowest BCUT2D eigenvalue weighted by molar-refractivity contribution is -0.129. The molecular formula is C26H25NO5. The highest BCUT2D eigenvalue weighted by molar-refractivity contribution is 5.89. The summed E-state index contributed by atoms with van der Waals surface area (Å²) < 4.78 is 21.7. The molecule has 0 amide bonds. The number of benzene rings is 2. The lowest BCUT2D eigenvalue weighted by Gasteiger charge is -2.10. The molecule has 0 fully saturated rings. The third-order valence-electron chi connectivity index (χ3n) is 4.47. The Balaban J connectivity index is 1.68. The van der Waals surface area contributed by atoms with Gasteiger partial charge < -0.3 is 18.9 Å². The summed E-state index contributed by atoms with van der Waals surface area (Å²) in [6, 6.07) is 14.6. The van der Waals surface area contributed by atoms with Gasteiger partial charge in [-0.2, -0.15) is 0 Å². The van der Waals surface area contributed by atoms with Gasteiger partial charge in [-0.15, -0.1) is 0 Å². The third-order valence-corrected chi connectivity index (χ3v) is 4.47. The van der Waals surface area contributed by atoms with E-state index < -0.39 is 5.97 Å². The summed E-state index contributed by atoms with van der Waals surface area (Å²) >= 11 is 0. The zero-order valence-electron chi connectivity index (χ0n) is 18.3. The van der Waals surface area contributed by atoms with Crippen LogP contribution in [0.5, 0.6) is 23.0 Å². The summed E-state index contributed by atoms with van der Waals surface area (Å²) in [5, 5.41) is 0. The number of carbonyl (C=O) groups is 1. The number of pyridine rings is 1. The maximum atomic E-state index is 12.3. The van der Waals surface area contributed by atoms with Crippen molar-refractivity contribution >= 4 is 24.2 Å². The normalized spacial score (nSPS) is 11.0. The molecule has 0 aliphatic heterocycles. The van der Waals surface area contributed by atoms with Crippen molar-refractivity contribution in [1.82, 2.24) is 4.98 Å². The number of methoxy groups -OCH3 is 2. The van der Waals surface area contributed by atoms with Gasteiger partial charge in [-0.1, -0.05) is 24.3 Å². The third kappa shape index (κ3) is 6.22. The van der Waals surface area contributed by atoms with Crippen molar-refractivity contribution in [3.05, 3.63) is 83.7 Å². The minimum absolute atomic E-state index is 0.340. The van der Waals surface area contributed by atoms with Crippen molar-refractivity contribution in [2.24, 2.45) is 0 Å². The summed E-state index contributed by atoms with van der Waals surface area (Å²) in [5.74, 6) is 1.53. The molecule has 0 aliphatic carbocycles. The summed E-state index contributed by atoms with van der Waals surface area (Å²) in [4.78, 5) is 16.3. The highest BCUT2D eigenvalue weighted by Gasteiger charge is 2.09. The van der Waals surface area contributed by atoms with Crippen LogP contribution in [0, 0.1) is 0 Å². The number of hydrogen-bond acceptors (Lipinski definition) is 6. The minimum atomic E-state index is -0.517. The molecule has 32 heavy (non-hydrogen) atoms. The van der Waals surface area contributed by atoms with E-state index in [1.807, 2.05) is 43.3 Å². The SMILES string of the molecule is CCOc1ccc(/C=C/C(=O)Oc2ccc(/C=C/c3ccncc3)cc2OC)cc1OC. The van der Waals surface area contributed by atoms with E-state index in [0.29, 0.717) is 29.6 Å². The van der Waals surface area contributed by atoms with Gasteiger partial charge in [-0.25, -0.2) is 4.79 Å². The van der Waals surface area contributed by atoms with Crippen molar-refractivity contribution in [3.63, 3.8) is 0 Å². The van der Waals surface area contributed by atoms with Crippen LogP contribution in [-0.2, 0) is 4.79 Å². The molecule has 0 spiro atoms. The second-order valence-electron chi connectivity index (χ2n) is 6.62. The van der Waals surface area contributed by atoms with Crippen LogP contribution in [0.3, 0.4) is 0 Å². The number of hydrogen-bond donors (Lipinski definition) is 0. The molecule has 6 nitrogen and oxygen atoms in total. The number of aromatic nitrogens is 1. The van der Waals surface area contributed by atoms with Crippen LogP contribution in [-0.4, -0.2) is 31.8 Å². The van der Waals surface area contributed by atoms with Gasteiger partial charge >= 0.3 is 5.97 Å². The molecule has 0 aliphatic rings. The lowest BCUT2D eigenvalue weighted by Crippen LogP contribution is -2.05. The fraction of sp³-hybridized carbons (Fsp3) is 0.154. The van der Waals surface area contributed by atoms with Gasteiger partial charge in [0.1, 0.15) is 0 Å². The molecule has 3 aromatic rings. The summed E-state index contributed by atoms with van der Waals surface area (Å²) in [6.45, 7) is 2.44. The number of ether oxygens (including phenoxy) is 4. The molecule has 0 saturated carbocycles. The highest BCUT2D eigenvalue weighted by Crippen LogP contribution is 2.30. The molecule has 2 aromatic carbocycles. The minimum Gasteiger partial charge on any atom is -0.493 e. The Morgan fingerprint density at radius 3 is 2.03 bits per heavy atom. The second-order valence-corrected chi connectivity index (χ2v) is 6.62. The van der Waals surface area contributed by atoms with E-state index in [1.165, 1.54) is 13.2 Å².